The summed E-state index contributed by atoms with van der Waals surface area (Å²) in [5.41, 5.74) is 1.09. The molecule has 0 fully saturated rings. The number of pyridine rings is 1. The highest BCUT2D eigenvalue weighted by atomic mass is 32.1. The van der Waals surface area contributed by atoms with Gasteiger partial charge in [-0.2, -0.15) is 0 Å². The van der Waals surface area contributed by atoms with Crippen LogP contribution >= 0.6 is 12.2 Å². The van der Waals surface area contributed by atoms with Crippen LogP contribution in [0.25, 0.3) is 10.8 Å². The van der Waals surface area contributed by atoms with Crippen molar-refractivity contribution in [3.05, 3.63) is 42.2 Å². The molecule has 76 valence electrons. The van der Waals surface area contributed by atoms with Crippen molar-refractivity contribution in [1.82, 2.24) is 9.88 Å². The molecule has 0 bridgehead atoms. The second-order valence-corrected chi connectivity index (χ2v) is 3.99. The number of hydrogen-bond acceptors (Lipinski definition) is 2. The van der Waals surface area contributed by atoms with Crippen LogP contribution in [0.15, 0.2) is 36.7 Å². The SMILES string of the molecule is CN(C)C(=S)c1cccc2cnccc12. The number of nitrogens with zero attached hydrogens (tertiary/aromatic N) is 2. The largest absolute Gasteiger partial charge is 0.368 e. The Hall–Kier alpha value is -1.48. The Balaban J connectivity index is 2.66. The molecular formula is C12H12N2S. The third-order valence-corrected chi connectivity index (χ3v) is 2.90. The van der Waals surface area contributed by atoms with Gasteiger partial charge in [0.05, 0.1) is 0 Å². The summed E-state index contributed by atoms with van der Waals surface area (Å²) in [4.78, 5) is 6.90. The van der Waals surface area contributed by atoms with Gasteiger partial charge in [0.1, 0.15) is 4.99 Å². The van der Waals surface area contributed by atoms with Gasteiger partial charge in [-0.25, -0.2) is 0 Å². The van der Waals surface area contributed by atoms with E-state index in [1.807, 2.05) is 49.5 Å². The molecule has 1 aromatic carbocycles. The minimum Gasteiger partial charge on any atom is -0.368 e. The molecule has 0 N–H and O–H groups in total. The highest BCUT2D eigenvalue weighted by Gasteiger charge is 2.06. The molecule has 3 heteroatoms. The Bertz CT molecular complexity index is 500. The lowest BCUT2D eigenvalue weighted by Gasteiger charge is -2.15. The van der Waals surface area contributed by atoms with Crippen molar-refractivity contribution in [2.45, 2.75) is 0 Å². The fourth-order valence-electron chi connectivity index (χ4n) is 1.55. The molecule has 2 rings (SSSR count). The summed E-state index contributed by atoms with van der Waals surface area (Å²) in [7, 11) is 3.92. The van der Waals surface area contributed by atoms with E-state index in [9.17, 15) is 0 Å². The van der Waals surface area contributed by atoms with E-state index in [4.69, 9.17) is 12.2 Å². The molecule has 0 saturated carbocycles. The number of thiocarbonyl (C=S) groups is 1. The monoisotopic (exact) mass is 216 g/mol. The van der Waals surface area contributed by atoms with Crippen molar-refractivity contribution in [2.75, 3.05) is 14.1 Å². The highest BCUT2D eigenvalue weighted by molar-refractivity contribution is 7.80. The van der Waals surface area contributed by atoms with Gasteiger partial charge >= 0.3 is 0 Å². The van der Waals surface area contributed by atoms with E-state index in [0.717, 1.165) is 21.3 Å². The second-order valence-electron chi connectivity index (χ2n) is 3.60. The minimum absolute atomic E-state index is 0.854. The third kappa shape index (κ3) is 1.83. The van der Waals surface area contributed by atoms with Crippen LogP contribution in [0.5, 0.6) is 0 Å². The van der Waals surface area contributed by atoms with Crippen LogP contribution in [0.1, 0.15) is 5.56 Å². The second kappa shape index (κ2) is 3.95. The Morgan fingerprint density at radius 2 is 2.07 bits per heavy atom. The predicted octanol–water partition coefficient (Wildman–Crippen LogP) is 2.47. The molecule has 2 aromatic rings. The summed E-state index contributed by atoms with van der Waals surface area (Å²) < 4.78 is 0. The van der Waals surface area contributed by atoms with Crippen molar-refractivity contribution < 1.29 is 0 Å². The number of rotatable bonds is 1. The van der Waals surface area contributed by atoms with Gasteiger partial charge in [0.2, 0.25) is 0 Å². The fourth-order valence-corrected chi connectivity index (χ4v) is 1.73. The lowest BCUT2D eigenvalue weighted by atomic mass is 10.1. The van der Waals surface area contributed by atoms with Crippen LogP contribution in [-0.2, 0) is 0 Å². The summed E-state index contributed by atoms with van der Waals surface area (Å²) in [5.74, 6) is 0. The quantitative estimate of drug-likeness (QED) is 0.681. The first-order chi connectivity index (χ1) is 7.20. The zero-order valence-corrected chi connectivity index (χ0v) is 9.58. The molecule has 0 saturated heterocycles. The van der Waals surface area contributed by atoms with Crippen LogP contribution < -0.4 is 0 Å². The molecule has 0 aliphatic heterocycles. The summed E-state index contributed by atoms with van der Waals surface area (Å²) >= 11 is 5.38. The Kier molecular flexibility index (Phi) is 2.64. The normalized spacial score (nSPS) is 10.3. The maximum absolute atomic E-state index is 5.38. The van der Waals surface area contributed by atoms with E-state index in [0.29, 0.717) is 0 Å². The van der Waals surface area contributed by atoms with Crippen LogP contribution in [0.2, 0.25) is 0 Å². The summed E-state index contributed by atoms with van der Waals surface area (Å²) in [6.45, 7) is 0. The third-order valence-electron chi connectivity index (χ3n) is 2.32. The topological polar surface area (TPSA) is 16.1 Å². The molecular weight excluding hydrogens is 204 g/mol. The number of hydrogen-bond donors (Lipinski definition) is 0. The predicted molar refractivity (Wildman–Crippen MR) is 67.1 cm³/mol. The highest BCUT2D eigenvalue weighted by Crippen LogP contribution is 2.18. The summed E-state index contributed by atoms with van der Waals surface area (Å²) in [5, 5.41) is 2.28. The van der Waals surface area contributed by atoms with Gasteiger partial charge in [-0.05, 0) is 11.5 Å². The zero-order valence-electron chi connectivity index (χ0n) is 8.77. The Morgan fingerprint density at radius 1 is 1.27 bits per heavy atom. The van der Waals surface area contributed by atoms with Gasteiger partial charge in [-0.3, -0.25) is 4.98 Å². The minimum atomic E-state index is 0.854. The zero-order chi connectivity index (χ0) is 10.8. The maximum Gasteiger partial charge on any atom is 0.109 e. The van der Waals surface area contributed by atoms with Crippen molar-refractivity contribution in [3.8, 4) is 0 Å². The fraction of sp³-hybridized carbons (Fsp3) is 0.167. The number of benzene rings is 1. The average molecular weight is 216 g/mol. The molecule has 2 nitrogen and oxygen atoms in total. The van der Waals surface area contributed by atoms with Gasteiger partial charge in [-0.15, -0.1) is 0 Å². The average Bonchev–Trinajstić information content (AvgIpc) is 2.27. The molecule has 0 spiro atoms. The smallest absolute Gasteiger partial charge is 0.109 e. The van der Waals surface area contributed by atoms with Gasteiger partial charge in [0, 0.05) is 37.4 Å². The van der Waals surface area contributed by atoms with Gasteiger partial charge in [0.25, 0.3) is 0 Å². The van der Waals surface area contributed by atoms with E-state index in [-0.39, 0.29) is 0 Å². The van der Waals surface area contributed by atoms with Crippen LogP contribution in [0.3, 0.4) is 0 Å². The number of aromatic nitrogens is 1. The van der Waals surface area contributed by atoms with Crippen molar-refractivity contribution in [1.29, 1.82) is 0 Å². The molecule has 0 aliphatic carbocycles. The Morgan fingerprint density at radius 3 is 2.80 bits per heavy atom. The molecule has 0 unspecified atom stereocenters. The summed E-state index contributed by atoms with van der Waals surface area (Å²) in [6.07, 6.45) is 3.65. The standard InChI is InChI=1S/C12H12N2S/c1-14(2)12(15)11-5-3-4-9-8-13-7-6-10(9)11/h3-8H,1-2H3. The van der Waals surface area contributed by atoms with E-state index < -0.39 is 0 Å². The molecule has 0 aliphatic rings. The van der Waals surface area contributed by atoms with Crippen LogP contribution in [-0.4, -0.2) is 29.0 Å². The van der Waals surface area contributed by atoms with E-state index in [1.165, 1.54) is 0 Å². The van der Waals surface area contributed by atoms with E-state index >= 15 is 0 Å². The van der Waals surface area contributed by atoms with Gasteiger partial charge in [0.15, 0.2) is 0 Å². The first kappa shape index (κ1) is 10.1. The molecule has 15 heavy (non-hydrogen) atoms. The number of fused-ring (bicyclic) bond motifs is 1. The van der Waals surface area contributed by atoms with Crippen molar-refractivity contribution in [2.24, 2.45) is 0 Å². The van der Waals surface area contributed by atoms with E-state index in [1.54, 1.807) is 6.20 Å². The Labute approximate surface area is 94.5 Å². The van der Waals surface area contributed by atoms with E-state index in [2.05, 4.69) is 4.98 Å². The lowest BCUT2D eigenvalue weighted by Crippen LogP contribution is -2.20. The van der Waals surface area contributed by atoms with Gasteiger partial charge < -0.3 is 4.90 Å². The van der Waals surface area contributed by atoms with Crippen LogP contribution in [0.4, 0.5) is 0 Å². The first-order valence-electron chi connectivity index (χ1n) is 4.74. The molecule has 1 aromatic heterocycles. The van der Waals surface area contributed by atoms with Gasteiger partial charge in [-0.1, -0.05) is 30.4 Å². The maximum atomic E-state index is 5.38. The first-order valence-corrected chi connectivity index (χ1v) is 5.15. The van der Waals surface area contributed by atoms with Crippen molar-refractivity contribution in [3.63, 3.8) is 0 Å². The van der Waals surface area contributed by atoms with Crippen molar-refractivity contribution >= 4 is 28.0 Å². The summed E-state index contributed by atoms with van der Waals surface area (Å²) in [6, 6.07) is 8.10. The molecule has 0 radical (unpaired) electrons. The molecule has 1 heterocycles. The lowest BCUT2D eigenvalue weighted by molar-refractivity contribution is 0.637. The van der Waals surface area contributed by atoms with Crippen LogP contribution in [0, 0.1) is 0 Å². The molecule has 0 atom stereocenters. The molecule has 0 amide bonds.